The summed E-state index contributed by atoms with van der Waals surface area (Å²) in [5.41, 5.74) is 7.11. The highest BCUT2D eigenvalue weighted by Crippen LogP contribution is 2.33. The Morgan fingerprint density at radius 3 is 2.76 bits per heavy atom. The van der Waals surface area contributed by atoms with Crippen molar-refractivity contribution in [3.05, 3.63) is 52.3 Å². The third kappa shape index (κ3) is 3.53. The molecular weight excluding hydrogens is 335 g/mol. The molecule has 0 saturated heterocycles. The van der Waals surface area contributed by atoms with Crippen LogP contribution in [-0.2, 0) is 30.3 Å². The van der Waals surface area contributed by atoms with Gasteiger partial charge in [-0.1, -0.05) is 18.2 Å². The molecule has 0 amide bonds. The average Bonchev–Trinajstić information content (AvgIpc) is 3.09. The summed E-state index contributed by atoms with van der Waals surface area (Å²) in [6.45, 7) is 1.44. The van der Waals surface area contributed by atoms with Gasteiger partial charge in [-0.2, -0.15) is 18.3 Å². The number of esters is 1. The third-order valence-electron chi connectivity index (χ3n) is 4.17. The standard InChI is InChI=1S/C17H18F3N3O2/c1-2-25-16(24)14-8-22-23(15(14)17(18,19)20)9-10-3-4-11-6-13(21)7-12(11)5-10/h3-5,8,13H,2,6-7,9,21H2,1H3/t13-/m0/s1. The maximum absolute atomic E-state index is 13.4. The molecule has 0 aliphatic heterocycles. The minimum Gasteiger partial charge on any atom is -0.462 e. The zero-order valence-corrected chi connectivity index (χ0v) is 13.6. The summed E-state index contributed by atoms with van der Waals surface area (Å²) in [5, 5.41) is 3.76. The van der Waals surface area contributed by atoms with Crippen LogP contribution in [0.15, 0.2) is 24.4 Å². The lowest BCUT2D eigenvalue weighted by Crippen LogP contribution is -2.20. The number of nitrogens with zero attached hydrogens (tertiary/aromatic N) is 2. The van der Waals surface area contributed by atoms with Crippen LogP contribution in [0.2, 0.25) is 0 Å². The molecule has 2 aromatic rings. The lowest BCUT2D eigenvalue weighted by molar-refractivity contribution is -0.144. The van der Waals surface area contributed by atoms with Crippen LogP contribution >= 0.6 is 0 Å². The molecule has 0 unspecified atom stereocenters. The molecular formula is C17H18F3N3O2. The van der Waals surface area contributed by atoms with E-state index in [1.54, 1.807) is 6.07 Å². The Hall–Kier alpha value is -2.35. The second kappa shape index (κ2) is 6.51. The number of carbonyl (C=O) groups is 1. The molecule has 5 nitrogen and oxygen atoms in total. The zero-order chi connectivity index (χ0) is 18.2. The maximum Gasteiger partial charge on any atom is 0.433 e. The summed E-state index contributed by atoms with van der Waals surface area (Å²) in [6, 6.07) is 5.56. The highest BCUT2D eigenvalue weighted by molar-refractivity contribution is 5.90. The molecule has 1 aliphatic rings. The van der Waals surface area contributed by atoms with Crippen molar-refractivity contribution in [3.8, 4) is 0 Å². The van der Waals surface area contributed by atoms with Gasteiger partial charge in [0.25, 0.3) is 0 Å². The van der Waals surface area contributed by atoms with E-state index < -0.39 is 23.4 Å². The Balaban J connectivity index is 1.93. The monoisotopic (exact) mass is 353 g/mol. The summed E-state index contributed by atoms with van der Waals surface area (Å²) in [7, 11) is 0. The normalized spacial score (nSPS) is 16.8. The number of halogens is 3. The first-order valence-corrected chi connectivity index (χ1v) is 7.96. The number of hydrogen-bond donors (Lipinski definition) is 1. The number of carbonyl (C=O) groups excluding carboxylic acids is 1. The number of ether oxygens (including phenoxy) is 1. The number of alkyl halides is 3. The highest BCUT2D eigenvalue weighted by atomic mass is 19.4. The van der Waals surface area contributed by atoms with Crippen molar-refractivity contribution in [2.45, 2.75) is 38.5 Å². The van der Waals surface area contributed by atoms with Crippen molar-refractivity contribution in [1.82, 2.24) is 9.78 Å². The van der Waals surface area contributed by atoms with E-state index in [0.29, 0.717) is 12.0 Å². The fraction of sp³-hybridized carbons (Fsp3) is 0.412. The second-order valence-corrected chi connectivity index (χ2v) is 6.05. The Kier molecular flexibility index (Phi) is 4.55. The molecule has 1 atom stereocenters. The van der Waals surface area contributed by atoms with E-state index in [4.69, 9.17) is 10.5 Å². The van der Waals surface area contributed by atoms with Crippen LogP contribution in [-0.4, -0.2) is 28.4 Å². The highest BCUT2D eigenvalue weighted by Gasteiger charge is 2.40. The number of aromatic nitrogens is 2. The van der Waals surface area contributed by atoms with Crippen LogP contribution in [0.4, 0.5) is 13.2 Å². The first-order valence-electron chi connectivity index (χ1n) is 7.96. The number of rotatable bonds is 4. The predicted octanol–water partition coefficient (Wildman–Crippen LogP) is 2.55. The van der Waals surface area contributed by atoms with Crippen molar-refractivity contribution in [1.29, 1.82) is 0 Å². The topological polar surface area (TPSA) is 70.1 Å². The Bertz CT molecular complexity index is 799. The number of benzene rings is 1. The molecule has 2 N–H and O–H groups in total. The van der Waals surface area contributed by atoms with Crippen LogP contribution in [0, 0.1) is 0 Å². The maximum atomic E-state index is 13.4. The van der Waals surface area contributed by atoms with Gasteiger partial charge in [-0.3, -0.25) is 4.68 Å². The smallest absolute Gasteiger partial charge is 0.433 e. The van der Waals surface area contributed by atoms with Crippen molar-refractivity contribution in [3.63, 3.8) is 0 Å². The van der Waals surface area contributed by atoms with Crippen molar-refractivity contribution >= 4 is 5.97 Å². The second-order valence-electron chi connectivity index (χ2n) is 6.05. The van der Waals surface area contributed by atoms with Crippen LogP contribution < -0.4 is 5.73 Å². The molecule has 25 heavy (non-hydrogen) atoms. The molecule has 1 aliphatic carbocycles. The number of hydrogen-bond acceptors (Lipinski definition) is 4. The van der Waals surface area contributed by atoms with E-state index in [1.807, 2.05) is 12.1 Å². The SMILES string of the molecule is CCOC(=O)c1cnn(Cc2ccc3c(c2)C[C@@H](N)C3)c1C(F)(F)F. The van der Waals surface area contributed by atoms with E-state index >= 15 is 0 Å². The van der Waals surface area contributed by atoms with Gasteiger partial charge in [0, 0.05) is 6.04 Å². The van der Waals surface area contributed by atoms with Crippen molar-refractivity contribution in [2.24, 2.45) is 5.73 Å². The Labute approximate surface area is 142 Å². The summed E-state index contributed by atoms with van der Waals surface area (Å²) in [4.78, 5) is 11.8. The Morgan fingerprint density at radius 2 is 2.08 bits per heavy atom. The Morgan fingerprint density at radius 1 is 1.36 bits per heavy atom. The van der Waals surface area contributed by atoms with Gasteiger partial charge in [-0.05, 0) is 36.5 Å². The molecule has 134 valence electrons. The van der Waals surface area contributed by atoms with E-state index in [0.717, 1.165) is 28.4 Å². The van der Waals surface area contributed by atoms with Gasteiger partial charge in [0.1, 0.15) is 5.56 Å². The molecule has 1 heterocycles. The van der Waals surface area contributed by atoms with Crippen molar-refractivity contribution in [2.75, 3.05) is 6.61 Å². The fourth-order valence-corrected chi connectivity index (χ4v) is 3.14. The third-order valence-corrected chi connectivity index (χ3v) is 4.17. The van der Waals surface area contributed by atoms with Gasteiger partial charge in [0.2, 0.25) is 0 Å². The minimum atomic E-state index is -4.71. The molecule has 0 bridgehead atoms. The number of fused-ring (bicyclic) bond motifs is 1. The van der Waals surface area contributed by atoms with Crippen LogP contribution in [0.25, 0.3) is 0 Å². The molecule has 0 radical (unpaired) electrons. The predicted molar refractivity (Wildman–Crippen MR) is 84.1 cm³/mol. The molecule has 3 rings (SSSR count). The summed E-state index contributed by atoms with van der Waals surface area (Å²) >= 11 is 0. The van der Waals surface area contributed by atoms with Crippen LogP contribution in [0.1, 0.15) is 39.7 Å². The average molecular weight is 353 g/mol. The van der Waals surface area contributed by atoms with Gasteiger partial charge < -0.3 is 10.5 Å². The van der Waals surface area contributed by atoms with Gasteiger partial charge in [-0.15, -0.1) is 0 Å². The van der Waals surface area contributed by atoms with Gasteiger partial charge in [0.15, 0.2) is 5.69 Å². The molecule has 1 aromatic carbocycles. The van der Waals surface area contributed by atoms with Gasteiger partial charge in [-0.25, -0.2) is 4.79 Å². The van der Waals surface area contributed by atoms with Crippen LogP contribution in [0.5, 0.6) is 0 Å². The summed E-state index contributed by atoms with van der Waals surface area (Å²) < 4.78 is 45.8. The molecule has 8 heteroatoms. The molecule has 1 aromatic heterocycles. The quantitative estimate of drug-likeness (QED) is 0.858. The molecule has 0 spiro atoms. The van der Waals surface area contributed by atoms with Crippen molar-refractivity contribution < 1.29 is 22.7 Å². The van der Waals surface area contributed by atoms with E-state index in [2.05, 4.69) is 5.10 Å². The van der Waals surface area contributed by atoms with E-state index in [1.165, 1.54) is 6.92 Å². The minimum absolute atomic E-state index is 0.00755. The fourth-order valence-electron chi connectivity index (χ4n) is 3.14. The first-order chi connectivity index (χ1) is 11.8. The van der Waals surface area contributed by atoms with E-state index in [9.17, 15) is 18.0 Å². The lowest BCUT2D eigenvalue weighted by atomic mass is 10.1. The first kappa shape index (κ1) is 17.5. The zero-order valence-electron chi connectivity index (χ0n) is 13.6. The van der Waals surface area contributed by atoms with Crippen LogP contribution in [0.3, 0.4) is 0 Å². The largest absolute Gasteiger partial charge is 0.462 e. The lowest BCUT2D eigenvalue weighted by Gasteiger charge is -2.13. The number of nitrogens with two attached hydrogens (primary N) is 1. The molecule has 0 saturated carbocycles. The van der Waals surface area contributed by atoms with Gasteiger partial charge >= 0.3 is 12.1 Å². The van der Waals surface area contributed by atoms with E-state index in [-0.39, 0.29) is 19.2 Å². The molecule has 0 fully saturated rings. The van der Waals surface area contributed by atoms with Gasteiger partial charge in [0.05, 0.1) is 19.3 Å². The summed E-state index contributed by atoms with van der Waals surface area (Å²) in [5.74, 6) is -1.03. The summed E-state index contributed by atoms with van der Waals surface area (Å²) in [6.07, 6.45) is -2.32.